The molecule has 3 aromatic heterocycles. The molecule has 0 saturated heterocycles. The maximum Gasteiger partial charge on any atom is 0.261 e. The van der Waals surface area contributed by atoms with E-state index >= 15 is 0 Å². The molecule has 5 nitrogen and oxygen atoms in total. The molecule has 142 valence electrons. The summed E-state index contributed by atoms with van der Waals surface area (Å²) in [6, 6.07) is 18.0. The molecule has 0 aliphatic carbocycles. The van der Waals surface area contributed by atoms with Crippen molar-refractivity contribution in [2.75, 3.05) is 0 Å². The summed E-state index contributed by atoms with van der Waals surface area (Å²) in [6.07, 6.45) is 3.38. The van der Waals surface area contributed by atoms with Crippen molar-refractivity contribution in [3.63, 3.8) is 0 Å². The fourth-order valence-electron chi connectivity index (χ4n) is 3.68. The van der Waals surface area contributed by atoms with Crippen molar-refractivity contribution in [2.45, 2.75) is 13.5 Å². The average Bonchev–Trinajstić information content (AvgIpc) is 3.08. The molecule has 0 spiro atoms. The van der Waals surface area contributed by atoms with E-state index in [0.29, 0.717) is 23.1 Å². The van der Waals surface area contributed by atoms with Gasteiger partial charge in [-0.3, -0.25) is 4.79 Å². The second kappa shape index (κ2) is 6.67. The van der Waals surface area contributed by atoms with Gasteiger partial charge < -0.3 is 4.57 Å². The van der Waals surface area contributed by atoms with Crippen molar-refractivity contribution in [1.82, 2.24) is 19.2 Å². The van der Waals surface area contributed by atoms with E-state index in [2.05, 4.69) is 10.1 Å². The zero-order valence-corrected chi connectivity index (χ0v) is 15.7. The molecule has 0 saturated carbocycles. The molecule has 2 aromatic carbocycles. The molecule has 0 atom stereocenters. The summed E-state index contributed by atoms with van der Waals surface area (Å²) >= 11 is 0. The Hall–Kier alpha value is -3.80. The standard InChI is InChI=1S/C23H17FN4O/c1-15-21(17-7-9-18(24)10-8-17)22-25-13-19-20(28(22)26-15)11-12-27(23(19)29)14-16-5-3-2-4-6-16/h2-13H,14H2,1H3. The van der Waals surface area contributed by atoms with Crippen molar-refractivity contribution in [2.24, 2.45) is 0 Å². The van der Waals surface area contributed by atoms with Gasteiger partial charge in [-0.25, -0.2) is 13.9 Å². The van der Waals surface area contributed by atoms with Gasteiger partial charge >= 0.3 is 0 Å². The van der Waals surface area contributed by atoms with Gasteiger partial charge in [0.15, 0.2) is 5.65 Å². The van der Waals surface area contributed by atoms with E-state index in [1.165, 1.54) is 12.1 Å². The molecule has 29 heavy (non-hydrogen) atoms. The molecule has 0 radical (unpaired) electrons. The molecule has 0 bridgehead atoms. The Kier molecular flexibility index (Phi) is 3.98. The zero-order valence-electron chi connectivity index (χ0n) is 15.7. The van der Waals surface area contributed by atoms with E-state index in [1.807, 2.05) is 43.3 Å². The molecular formula is C23H17FN4O. The quantitative estimate of drug-likeness (QED) is 0.468. The number of aryl methyl sites for hydroxylation is 1. The molecule has 0 amide bonds. The van der Waals surface area contributed by atoms with E-state index in [4.69, 9.17) is 0 Å². The highest BCUT2D eigenvalue weighted by molar-refractivity contribution is 5.86. The summed E-state index contributed by atoms with van der Waals surface area (Å²) in [5.41, 5.74) is 4.71. The van der Waals surface area contributed by atoms with Crippen molar-refractivity contribution >= 4 is 16.6 Å². The van der Waals surface area contributed by atoms with Crippen LogP contribution in [0, 0.1) is 12.7 Å². The minimum atomic E-state index is -0.291. The van der Waals surface area contributed by atoms with Crippen molar-refractivity contribution in [1.29, 1.82) is 0 Å². The van der Waals surface area contributed by atoms with Gasteiger partial charge in [-0.1, -0.05) is 42.5 Å². The Morgan fingerprint density at radius 3 is 2.52 bits per heavy atom. The maximum absolute atomic E-state index is 13.3. The average molecular weight is 384 g/mol. The van der Waals surface area contributed by atoms with E-state index in [9.17, 15) is 9.18 Å². The number of hydrogen-bond acceptors (Lipinski definition) is 3. The molecule has 5 rings (SSSR count). The van der Waals surface area contributed by atoms with Crippen LogP contribution >= 0.6 is 0 Å². The van der Waals surface area contributed by atoms with Crippen LogP contribution in [0.1, 0.15) is 11.3 Å². The summed E-state index contributed by atoms with van der Waals surface area (Å²) < 4.78 is 16.7. The maximum atomic E-state index is 13.3. The molecule has 0 aliphatic heterocycles. The Bertz CT molecular complexity index is 1400. The number of aromatic nitrogens is 4. The summed E-state index contributed by atoms with van der Waals surface area (Å²) in [4.78, 5) is 17.5. The van der Waals surface area contributed by atoms with Crippen LogP contribution in [0.5, 0.6) is 0 Å². The van der Waals surface area contributed by atoms with E-state index in [-0.39, 0.29) is 11.4 Å². The predicted octanol–water partition coefficient (Wildman–Crippen LogP) is 4.21. The molecule has 5 aromatic rings. The lowest BCUT2D eigenvalue weighted by atomic mass is 10.1. The first-order valence-electron chi connectivity index (χ1n) is 9.29. The number of hydrogen-bond donors (Lipinski definition) is 0. The third-order valence-corrected chi connectivity index (χ3v) is 5.09. The van der Waals surface area contributed by atoms with Gasteiger partial charge in [-0.2, -0.15) is 5.10 Å². The predicted molar refractivity (Wildman–Crippen MR) is 110 cm³/mol. The largest absolute Gasteiger partial charge is 0.310 e. The SMILES string of the molecule is Cc1nn2c(ncc3c(=O)n(Cc4ccccc4)ccc32)c1-c1ccc(F)cc1. The molecule has 0 N–H and O–H groups in total. The molecule has 6 heteroatoms. The summed E-state index contributed by atoms with van der Waals surface area (Å²) in [7, 11) is 0. The molecule has 0 fully saturated rings. The van der Waals surface area contributed by atoms with Crippen LogP contribution in [0.4, 0.5) is 4.39 Å². The van der Waals surface area contributed by atoms with Gasteiger partial charge in [0.2, 0.25) is 0 Å². The number of fused-ring (bicyclic) bond motifs is 3. The highest BCUT2D eigenvalue weighted by atomic mass is 19.1. The number of rotatable bonds is 3. The van der Waals surface area contributed by atoms with Gasteiger partial charge in [-0.15, -0.1) is 0 Å². The van der Waals surface area contributed by atoms with Gasteiger partial charge in [0.05, 0.1) is 23.1 Å². The topological polar surface area (TPSA) is 52.2 Å². The van der Waals surface area contributed by atoms with Gasteiger partial charge in [0, 0.05) is 18.0 Å². The summed E-state index contributed by atoms with van der Waals surface area (Å²) in [5, 5.41) is 5.11. The summed E-state index contributed by atoms with van der Waals surface area (Å²) in [5.74, 6) is -0.291. The number of nitrogens with zero attached hydrogens (tertiary/aromatic N) is 4. The lowest BCUT2D eigenvalue weighted by Crippen LogP contribution is -2.21. The second-order valence-corrected chi connectivity index (χ2v) is 6.99. The zero-order chi connectivity index (χ0) is 20.0. The lowest BCUT2D eigenvalue weighted by Gasteiger charge is -2.08. The van der Waals surface area contributed by atoms with Crippen LogP contribution in [0.15, 0.2) is 77.9 Å². The van der Waals surface area contributed by atoms with Crippen molar-refractivity contribution in [3.8, 4) is 11.1 Å². The Morgan fingerprint density at radius 2 is 1.76 bits per heavy atom. The highest BCUT2D eigenvalue weighted by Gasteiger charge is 2.16. The van der Waals surface area contributed by atoms with E-state index in [0.717, 1.165) is 22.4 Å². The summed E-state index contributed by atoms with van der Waals surface area (Å²) in [6.45, 7) is 2.38. The van der Waals surface area contributed by atoms with Crippen LogP contribution in [0.3, 0.4) is 0 Å². The van der Waals surface area contributed by atoms with Gasteiger partial charge in [0.25, 0.3) is 5.56 Å². The monoisotopic (exact) mass is 384 g/mol. The van der Waals surface area contributed by atoms with Crippen LogP contribution in [-0.2, 0) is 6.54 Å². The fraction of sp³-hybridized carbons (Fsp3) is 0.0870. The van der Waals surface area contributed by atoms with E-state index < -0.39 is 0 Å². The molecular weight excluding hydrogens is 367 g/mol. The van der Waals surface area contributed by atoms with Crippen LogP contribution in [0.25, 0.3) is 27.7 Å². The van der Waals surface area contributed by atoms with E-state index in [1.54, 1.807) is 33.6 Å². The van der Waals surface area contributed by atoms with Crippen molar-refractivity contribution in [3.05, 3.63) is 100 Å². The van der Waals surface area contributed by atoms with Crippen molar-refractivity contribution < 1.29 is 4.39 Å². The highest BCUT2D eigenvalue weighted by Crippen LogP contribution is 2.28. The first-order valence-corrected chi connectivity index (χ1v) is 9.29. The lowest BCUT2D eigenvalue weighted by molar-refractivity contribution is 0.628. The third-order valence-electron chi connectivity index (χ3n) is 5.09. The molecule has 0 aliphatic rings. The van der Waals surface area contributed by atoms with Gasteiger partial charge in [-0.05, 0) is 36.2 Å². The first kappa shape index (κ1) is 17.3. The van der Waals surface area contributed by atoms with Crippen LogP contribution < -0.4 is 5.56 Å². The number of benzene rings is 2. The normalized spacial score (nSPS) is 11.4. The fourth-order valence-corrected chi connectivity index (χ4v) is 3.68. The minimum absolute atomic E-state index is 0.114. The Labute approximate surface area is 165 Å². The van der Waals surface area contributed by atoms with Gasteiger partial charge in [0.1, 0.15) is 5.82 Å². The first-order chi connectivity index (χ1) is 14.1. The Balaban J connectivity index is 1.68. The molecule has 3 heterocycles. The number of halogens is 1. The second-order valence-electron chi connectivity index (χ2n) is 6.99. The smallest absolute Gasteiger partial charge is 0.261 e. The van der Waals surface area contributed by atoms with Crippen LogP contribution in [0.2, 0.25) is 0 Å². The molecule has 0 unspecified atom stereocenters. The Morgan fingerprint density at radius 1 is 1.00 bits per heavy atom. The third kappa shape index (κ3) is 2.89. The minimum Gasteiger partial charge on any atom is -0.310 e. The number of pyridine rings is 1. The van der Waals surface area contributed by atoms with Crippen LogP contribution in [-0.4, -0.2) is 19.2 Å².